The molecule has 4 N–H and O–H groups in total. The molecule has 0 saturated heterocycles. The van der Waals surface area contributed by atoms with Gasteiger partial charge >= 0.3 is 5.97 Å². The smallest absolute Gasteiger partial charge is 0.337 e. The molecule has 6 aromatic rings. The van der Waals surface area contributed by atoms with Crippen molar-refractivity contribution in [3.8, 4) is 11.5 Å². The van der Waals surface area contributed by atoms with E-state index in [-0.39, 0.29) is 48.2 Å². The van der Waals surface area contributed by atoms with Crippen LogP contribution in [0.3, 0.4) is 0 Å². The Labute approximate surface area is 393 Å². The summed E-state index contributed by atoms with van der Waals surface area (Å²) in [5.41, 5.74) is 11.6. The number of aryl methyl sites for hydroxylation is 2. The number of ether oxygens (including phenoxy) is 3. The molecule has 8 rings (SSSR count). The molecule has 0 aliphatic carbocycles. The lowest BCUT2D eigenvalue weighted by Crippen LogP contribution is -2.25. The third-order valence-electron chi connectivity index (χ3n) is 10.7. The van der Waals surface area contributed by atoms with Gasteiger partial charge in [0, 0.05) is 31.5 Å². The molecule has 20 heteroatoms. The summed E-state index contributed by atoms with van der Waals surface area (Å²) in [5, 5.41) is 13.8. The molecule has 0 bridgehead atoms. The van der Waals surface area contributed by atoms with Crippen LogP contribution in [0.1, 0.15) is 112 Å². The number of oxime groups is 2. The number of nitrogens with one attached hydrogen (secondary N) is 2. The van der Waals surface area contributed by atoms with Crippen molar-refractivity contribution < 1.29 is 51.8 Å². The van der Waals surface area contributed by atoms with E-state index in [0.29, 0.717) is 69.6 Å². The highest BCUT2D eigenvalue weighted by Gasteiger charge is 2.28. The highest BCUT2D eigenvalue weighted by Crippen LogP contribution is 2.31. The summed E-state index contributed by atoms with van der Waals surface area (Å²) in [7, 11) is 4.08. The average molecular weight is 942 g/mol. The minimum absolute atomic E-state index is 0.102. The van der Waals surface area contributed by atoms with Gasteiger partial charge < -0.3 is 40.3 Å². The van der Waals surface area contributed by atoms with Gasteiger partial charge in [0.25, 0.3) is 11.8 Å². The molecule has 354 valence electrons. The predicted molar refractivity (Wildman–Crippen MR) is 244 cm³/mol. The molecule has 4 heterocycles. The molecule has 2 unspecified atom stereocenters. The van der Waals surface area contributed by atoms with Gasteiger partial charge in [-0.2, -0.15) is 0 Å². The Bertz CT molecular complexity index is 2970. The SMILES string of the molecule is COC(=O)c1ccc(C2CC(c3cc(C(=O)NCc4ccc(F)c(OC)c4)nc(C)n3)=NO2)cc1.COc1cc(CNC(=O)c2cc(C3=NOC(c4ccc(C(N)=O)cc4)C3)nc(C)n2)ccc1F. The van der Waals surface area contributed by atoms with Crippen LogP contribution < -0.4 is 25.8 Å². The molecule has 69 heavy (non-hydrogen) atoms. The molecule has 0 radical (unpaired) electrons. The Hall–Kier alpha value is -8.68. The molecule has 0 saturated carbocycles. The summed E-state index contributed by atoms with van der Waals surface area (Å²) in [6.45, 7) is 3.70. The molecular formula is C49H45F2N9O9. The summed E-state index contributed by atoms with van der Waals surface area (Å²) in [6, 6.07) is 25.5. The number of aromatic nitrogens is 4. The zero-order valence-corrected chi connectivity index (χ0v) is 37.9. The minimum atomic E-state index is -0.503. The maximum absolute atomic E-state index is 13.6. The molecule has 0 fully saturated rings. The fraction of sp³-hybridized carbons (Fsp3) is 0.224. The second-order valence-corrected chi connectivity index (χ2v) is 15.4. The van der Waals surface area contributed by atoms with Crippen LogP contribution in [0.4, 0.5) is 8.78 Å². The lowest BCUT2D eigenvalue weighted by atomic mass is 10.0. The monoisotopic (exact) mass is 941 g/mol. The number of benzene rings is 4. The average Bonchev–Trinajstić information content (AvgIpc) is 4.07. The van der Waals surface area contributed by atoms with E-state index in [2.05, 4.69) is 40.9 Å². The van der Waals surface area contributed by atoms with Crippen molar-refractivity contribution in [2.45, 2.75) is 52.0 Å². The normalized spacial score (nSPS) is 14.7. The van der Waals surface area contributed by atoms with Crippen molar-refractivity contribution in [2.75, 3.05) is 21.3 Å². The molecule has 2 atom stereocenters. The maximum Gasteiger partial charge on any atom is 0.337 e. The van der Waals surface area contributed by atoms with E-state index in [9.17, 15) is 28.0 Å². The molecule has 2 aliphatic rings. The standard InChI is InChI=1S/C25H23FN4O5.C24H22FN5O4/c1-14-28-19(20-12-22(35-30-20)16-5-7-17(8-6-16)25(32)34-3)11-21(29-14)24(31)27-13-15-4-9-18(26)23(10-15)33-2;1-13-28-18(19-11-21(34-30-19)15-4-6-16(7-5-15)23(26)31)10-20(29-13)24(32)27-12-14-3-8-17(25)22(9-14)33-2/h4-11,22H,12-13H2,1-3H3,(H,27,31);3-10,21H,11-12H2,1-2H3,(H2,26,31)(H,27,32). The van der Waals surface area contributed by atoms with Crippen LogP contribution in [0.2, 0.25) is 0 Å². The van der Waals surface area contributed by atoms with Crippen molar-refractivity contribution in [1.29, 1.82) is 0 Å². The predicted octanol–water partition coefficient (Wildman–Crippen LogP) is 6.34. The van der Waals surface area contributed by atoms with Crippen molar-refractivity contribution in [1.82, 2.24) is 30.6 Å². The lowest BCUT2D eigenvalue weighted by molar-refractivity contribution is 0.0599. The first kappa shape index (κ1) is 48.3. The number of carbonyl (C=O) groups excluding carboxylic acids is 4. The van der Waals surface area contributed by atoms with Gasteiger partial charge in [-0.1, -0.05) is 46.7 Å². The number of nitrogens with zero attached hydrogens (tertiary/aromatic N) is 6. The molecule has 2 aliphatic heterocycles. The van der Waals surface area contributed by atoms with Gasteiger partial charge in [0.15, 0.2) is 35.3 Å². The van der Waals surface area contributed by atoms with E-state index in [1.165, 1.54) is 45.6 Å². The first-order valence-corrected chi connectivity index (χ1v) is 21.2. The summed E-state index contributed by atoms with van der Waals surface area (Å²) in [5.74, 6) is -1.67. The zero-order valence-electron chi connectivity index (χ0n) is 37.9. The van der Waals surface area contributed by atoms with E-state index < -0.39 is 35.3 Å². The Morgan fingerprint density at radius 2 is 1.03 bits per heavy atom. The van der Waals surface area contributed by atoms with Crippen LogP contribution in [-0.2, 0) is 27.5 Å². The van der Waals surface area contributed by atoms with Crippen LogP contribution in [0.5, 0.6) is 11.5 Å². The van der Waals surface area contributed by atoms with Gasteiger partial charge in [0.05, 0.1) is 38.3 Å². The third-order valence-corrected chi connectivity index (χ3v) is 10.7. The summed E-state index contributed by atoms with van der Waals surface area (Å²) in [4.78, 5) is 76.7. The Morgan fingerprint density at radius 3 is 1.42 bits per heavy atom. The Morgan fingerprint density at radius 1 is 0.609 bits per heavy atom. The molecule has 3 amide bonds. The fourth-order valence-electron chi connectivity index (χ4n) is 7.07. The number of rotatable bonds is 14. The topological polar surface area (TPSA) is 241 Å². The van der Waals surface area contributed by atoms with E-state index in [4.69, 9.17) is 29.6 Å². The van der Waals surface area contributed by atoms with Crippen molar-refractivity contribution in [2.24, 2.45) is 16.0 Å². The quantitative estimate of drug-likeness (QED) is 0.101. The zero-order chi connectivity index (χ0) is 49.2. The highest BCUT2D eigenvalue weighted by atomic mass is 19.1. The number of methoxy groups -OCH3 is 3. The van der Waals surface area contributed by atoms with Gasteiger partial charge in [0.2, 0.25) is 5.91 Å². The highest BCUT2D eigenvalue weighted by molar-refractivity contribution is 6.03. The number of hydrogen-bond acceptors (Lipinski definition) is 15. The maximum atomic E-state index is 13.6. The summed E-state index contributed by atoms with van der Waals surface area (Å²) in [6.07, 6.45) is 0.170. The molecule has 18 nitrogen and oxygen atoms in total. The van der Waals surface area contributed by atoms with E-state index in [1.807, 2.05) is 0 Å². The number of primary amides is 1. The second-order valence-electron chi connectivity index (χ2n) is 15.4. The van der Waals surface area contributed by atoms with Crippen LogP contribution in [-0.4, -0.2) is 76.4 Å². The van der Waals surface area contributed by atoms with Crippen molar-refractivity contribution in [3.63, 3.8) is 0 Å². The third kappa shape index (κ3) is 12.0. The van der Waals surface area contributed by atoms with Gasteiger partial charge in [-0.15, -0.1) is 0 Å². The largest absolute Gasteiger partial charge is 0.494 e. The summed E-state index contributed by atoms with van der Waals surface area (Å²) < 4.78 is 41.8. The first-order valence-electron chi connectivity index (χ1n) is 21.2. The van der Waals surface area contributed by atoms with E-state index in [1.54, 1.807) is 86.6 Å². The molecule has 4 aromatic carbocycles. The van der Waals surface area contributed by atoms with Crippen molar-refractivity contribution in [3.05, 3.63) is 177 Å². The number of carbonyl (C=O) groups is 4. The minimum Gasteiger partial charge on any atom is -0.494 e. The van der Waals surface area contributed by atoms with Gasteiger partial charge in [-0.25, -0.2) is 33.5 Å². The number of hydrogen-bond donors (Lipinski definition) is 3. The van der Waals surface area contributed by atoms with Crippen LogP contribution in [0, 0.1) is 25.5 Å². The Balaban J connectivity index is 0.000000204. The van der Waals surface area contributed by atoms with Crippen LogP contribution in [0.15, 0.2) is 107 Å². The van der Waals surface area contributed by atoms with Crippen LogP contribution >= 0.6 is 0 Å². The fourth-order valence-corrected chi connectivity index (χ4v) is 7.07. The number of halogens is 2. The number of esters is 1. The second kappa shape index (κ2) is 21.7. The Kier molecular flexibility index (Phi) is 15.2. The number of nitrogens with two attached hydrogens (primary N) is 1. The molecule has 0 spiro atoms. The van der Waals surface area contributed by atoms with Gasteiger partial charge in [0.1, 0.15) is 34.5 Å². The van der Waals surface area contributed by atoms with E-state index in [0.717, 1.165) is 11.1 Å². The molecule has 2 aromatic heterocycles. The van der Waals surface area contributed by atoms with Gasteiger partial charge in [-0.05, 0) is 96.8 Å². The summed E-state index contributed by atoms with van der Waals surface area (Å²) >= 11 is 0. The number of amides is 3. The van der Waals surface area contributed by atoms with Crippen molar-refractivity contribution >= 4 is 35.1 Å². The molecular weight excluding hydrogens is 897 g/mol. The first-order chi connectivity index (χ1) is 33.2. The van der Waals surface area contributed by atoms with Gasteiger partial charge in [-0.3, -0.25) is 14.4 Å². The van der Waals surface area contributed by atoms with Crippen LogP contribution in [0.25, 0.3) is 0 Å². The lowest BCUT2D eigenvalue weighted by Gasteiger charge is -2.10. The van der Waals surface area contributed by atoms with E-state index >= 15 is 0 Å².